The molecule has 0 radical (unpaired) electrons. The van der Waals surface area contributed by atoms with E-state index in [4.69, 9.17) is 0 Å². The number of aliphatic hydroxyl groups excluding tert-OH is 1. The van der Waals surface area contributed by atoms with E-state index in [0.717, 1.165) is 4.68 Å². The first-order chi connectivity index (χ1) is 17.2. The highest BCUT2D eigenvalue weighted by molar-refractivity contribution is 5.83. The molecule has 14 heteroatoms. The lowest BCUT2D eigenvalue weighted by molar-refractivity contribution is -0.142. The van der Waals surface area contributed by atoms with Crippen LogP contribution in [0.25, 0.3) is 28.0 Å². The Balaban J connectivity index is 1.44. The lowest BCUT2D eigenvalue weighted by Crippen LogP contribution is -2.36. The van der Waals surface area contributed by atoms with Crippen LogP contribution in [0.3, 0.4) is 0 Å². The molecule has 0 aliphatic carbocycles. The second-order valence-corrected chi connectivity index (χ2v) is 8.41. The molecule has 1 atom stereocenters. The molecule has 0 aromatic carbocycles. The Bertz CT molecular complexity index is 1400. The summed E-state index contributed by atoms with van der Waals surface area (Å²) >= 11 is 0. The molecule has 5 heterocycles. The number of aromatic nitrogens is 6. The molecule has 1 saturated heterocycles. The molecule has 0 saturated carbocycles. The van der Waals surface area contributed by atoms with Crippen LogP contribution in [0.15, 0.2) is 49.1 Å². The maximum absolute atomic E-state index is 12.7. The first-order valence-electron chi connectivity index (χ1n) is 11.0. The zero-order valence-electron chi connectivity index (χ0n) is 18.7. The van der Waals surface area contributed by atoms with Crippen molar-refractivity contribution in [3.05, 3.63) is 49.1 Å². The monoisotopic (exact) mass is 502 g/mol. The molecule has 0 spiro atoms. The van der Waals surface area contributed by atoms with Gasteiger partial charge in [0.1, 0.15) is 12.4 Å². The molecular weight excluding hydrogens is 481 g/mol. The van der Waals surface area contributed by atoms with E-state index < -0.39 is 24.9 Å². The van der Waals surface area contributed by atoms with Crippen molar-refractivity contribution < 1.29 is 28.2 Å². The molecule has 11 nitrogen and oxygen atoms in total. The molecule has 1 aliphatic heterocycles. The number of hydrogen-bond acceptors (Lipinski definition) is 7. The Hall–Kier alpha value is -4.20. The van der Waals surface area contributed by atoms with Crippen molar-refractivity contribution in [2.24, 2.45) is 0 Å². The molecule has 1 fully saturated rings. The number of β-amino-alcohol motifs (C(OH)–C–C–N with tert-alkyl or cyclic N) is 1. The van der Waals surface area contributed by atoms with Crippen molar-refractivity contribution in [3.8, 4) is 17.1 Å². The Morgan fingerprint density at radius 2 is 1.89 bits per heavy atom. The van der Waals surface area contributed by atoms with E-state index in [0.29, 0.717) is 40.3 Å². The van der Waals surface area contributed by atoms with Gasteiger partial charge in [-0.1, -0.05) is 6.07 Å². The van der Waals surface area contributed by atoms with Gasteiger partial charge in [0.05, 0.1) is 36.3 Å². The Kier molecular flexibility index (Phi) is 5.96. The van der Waals surface area contributed by atoms with Crippen LogP contribution in [0.2, 0.25) is 0 Å². The standard InChI is InChI=1S/C22H21F3N8O3/c23-22(24,25)13-32-10-15(9-27-32)17-6-18-14(7-26-17)8-28-33(18)20-3-1-2-19(29-20)30-4-5-31(21(35)36)12-16(34)11-30/h1-3,6-10,16,34H,4-5,11-13H2,(H,35,36)/t16-/m0/s1. The van der Waals surface area contributed by atoms with Crippen molar-refractivity contribution in [1.82, 2.24) is 34.4 Å². The third-order valence-corrected chi connectivity index (χ3v) is 5.76. The molecule has 5 rings (SSSR count). The van der Waals surface area contributed by atoms with Crippen LogP contribution in [-0.4, -0.2) is 89.2 Å². The van der Waals surface area contributed by atoms with E-state index in [1.807, 2.05) is 4.90 Å². The highest BCUT2D eigenvalue weighted by Crippen LogP contribution is 2.25. The van der Waals surface area contributed by atoms with Gasteiger partial charge in [0, 0.05) is 43.0 Å². The summed E-state index contributed by atoms with van der Waals surface area (Å²) in [7, 11) is 0. The van der Waals surface area contributed by atoms with E-state index in [9.17, 15) is 28.2 Å². The summed E-state index contributed by atoms with van der Waals surface area (Å²) in [6.45, 7) is -0.379. The third-order valence-electron chi connectivity index (χ3n) is 5.76. The third kappa shape index (κ3) is 4.93. The molecule has 0 unspecified atom stereocenters. The van der Waals surface area contributed by atoms with E-state index in [-0.39, 0.29) is 19.6 Å². The number of anilines is 1. The molecule has 4 aromatic rings. The quantitative estimate of drug-likeness (QED) is 0.436. The zero-order valence-corrected chi connectivity index (χ0v) is 18.7. The highest BCUT2D eigenvalue weighted by atomic mass is 19.4. The average molecular weight is 502 g/mol. The summed E-state index contributed by atoms with van der Waals surface area (Å²) in [4.78, 5) is 23.3. The number of alkyl halides is 3. The van der Waals surface area contributed by atoms with Crippen LogP contribution >= 0.6 is 0 Å². The van der Waals surface area contributed by atoms with E-state index in [1.54, 1.807) is 41.3 Å². The molecular formula is C22H21F3N8O3. The van der Waals surface area contributed by atoms with Gasteiger partial charge in [-0.25, -0.2) is 14.5 Å². The summed E-state index contributed by atoms with van der Waals surface area (Å²) in [5.41, 5.74) is 1.50. The lowest BCUT2D eigenvalue weighted by Gasteiger charge is -2.23. The van der Waals surface area contributed by atoms with Gasteiger partial charge in [-0.15, -0.1) is 0 Å². The highest BCUT2D eigenvalue weighted by Gasteiger charge is 2.28. The first-order valence-corrected chi connectivity index (χ1v) is 11.0. The van der Waals surface area contributed by atoms with Crippen LogP contribution in [0.4, 0.5) is 23.8 Å². The maximum atomic E-state index is 12.7. The van der Waals surface area contributed by atoms with Crippen molar-refractivity contribution >= 4 is 22.8 Å². The Morgan fingerprint density at radius 3 is 2.67 bits per heavy atom. The summed E-state index contributed by atoms with van der Waals surface area (Å²) in [5, 5.41) is 28.4. The van der Waals surface area contributed by atoms with Gasteiger partial charge in [-0.05, 0) is 18.2 Å². The van der Waals surface area contributed by atoms with Gasteiger partial charge in [0.25, 0.3) is 0 Å². The predicted octanol–water partition coefficient (Wildman–Crippen LogP) is 2.40. The smallest absolute Gasteiger partial charge is 0.408 e. The largest absolute Gasteiger partial charge is 0.465 e. The van der Waals surface area contributed by atoms with Gasteiger partial charge < -0.3 is 20.0 Å². The number of carboxylic acid groups (broad SMARTS) is 1. The zero-order chi connectivity index (χ0) is 25.4. The van der Waals surface area contributed by atoms with Crippen LogP contribution in [0.5, 0.6) is 0 Å². The van der Waals surface area contributed by atoms with Crippen LogP contribution < -0.4 is 4.90 Å². The minimum Gasteiger partial charge on any atom is -0.465 e. The number of pyridine rings is 2. The summed E-state index contributed by atoms with van der Waals surface area (Å²) in [6, 6.07) is 6.99. The minimum absolute atomic E-state index is 0.0185. The summed E-state index contributed by atoms with van der Waals surface area (Å²) in [6.07, 6.45) is -0.554. The van der Waals surface area contributed by atoms with Crippen molar-refractivity contribution in [2.75, 3.05) is 31.1 Å². The Morgan fingerprint density at radius 1 is 1.08 bits per heavy atom. The van der Waals surface area contributed by atoms with Gasteiger partial charge >= 0.3 is 12.3 Å². The number of aliphatic hydroxyl groups is 1. The van der Waals surface area contributed by atoms with Crippen LogP contribution in [0, 0.1) is 0 Å². The number of rotatable bonds is 4. The predicted molar refractivity (Wildman–Crippen MR) is 122 cm³/mol. The van der Waals surface area contributed by atoms with E-state index >= 15 is 0 Å². The lowest BCUT2D eigenvalue weighted by atomic mass is 10.2. The van der Waals surface area contributed by atoms with E-state index in [1.165, 1.54) is 17.3 Å². The molecule has 2 N–H and O–H groups in total. The Labute approximate surface area is 202 Å². The number of amides is 1. The maximum Gasteiger partial charge on any atom is 0.408 e. The summed E-state index contributed by atoms with van der Waals surface area (Å²) < 4.78 is 40.5. The molecule has 4 aromatic heterocycles. The average Bonchev–Trinajstić information content (AvgIpc) is 3.40. The van der Waals surface area contributed by atoms with Crippen molar-refractivity contribution in [2.45, 2.75) is 18.8 Å². The van der Waals surface area contributed by atoms with Gasteiger partial charge in [0.2, 0.25) is 0 Å². The number of halogens is 3. The fraction of sp³-hybridized carbons (Fsp3) is 0.318. The SMILES string of the molecule is O=C(O)N1CCN(c2cccc(-n3ncc4cnc(-c5cnn(CC(F)(F)F)c5)cc43)n2)C[C@H](O)C1. The van der Waals surface area contributed by atoms with E-state index in [2.05, 4.69) is 20.2 Å². The fourth-order valence-electron chi connectivity index (χ4n) is 4.11. The number of nitrogens with zero attached hydrogens (tertiary/aromatic N) is 8. The van der Waals surface area contributed by atoms with Crippen molar-refractivity contribution in [3.63, 3.8) is 0 Å². The van der Waals surface area contributed by atoms with Crippen LogP contribution in [0.1, 0.15) is 0 Å². The molecule has 0 bridgehead atoms. The number of carbonyl (C=O) groups is 1. The van der Waals surface area contributed by atoms with Gasteiger partial charge in [-0.3, -0.25) is 9.67 Å². The van der Waals surface area contributed by atoms with Crippen LogP contribution in [-0.2, 0) is 6.54 Å². The molecule has 1 amide bonds. The first kappa shape index (κ1) is 23.5. The minimum atomic E-state index is -4.38. The normalized spacial score (nSPS) is 16.9. The van der Waals surface area contributed by atoms with Crippen molar-refractivity contribution in [1.29, 1.82) is 0 Å². The van der Waals surface area contributed by atoms with Gasteiger partial charge in [0.15, 0.2) is 5.82 Å². The number of fused-ring (bicyclic) bond motifs is 1. The second kappa shape index (κ2) is 9.11. The molecule has 36 heavy (non-hydrogen) atoms. The second-order valence-electron chi connectivity index (χ2n) is 8.41. The topological polar surface area (TPSA) is 125 Å². The molecule has 1 aliphatic rings. The number of hydrogen-bond donors (Lipinski definition) is 2. The summed E-state index contributed by atoms with van der Waals surface area (Å²) in [5.74, 6) is 1.02. The van der Waals surface area contributed by atoms with Gasteiger partial charge in [-0.2, -0.15) is 23.4 Å². The fourth-order valence-corrected chi connectivity index (χ4v) is 4.11. The molecule has 188 valence electrons.